The van der Waals surface area contributed by atoms with Crippen LogP contribution in [0.15, 0.2) is 48.5 Å². The summed E-state index contributed by atoms with van der Waals surface area (Å²) in [6, 6.07) is 13.6. The lowest BCUT2D eigenvalue weighted by Crippen LogP contribution is -2.26. The SMILES string of the molecule is COC(=O)C1CC(=O)N(c2ccc(-c3ccc(F)cc3)cc2)C1. The molecule has 1 heterocycles. The van der Waals surface area contributed by atoms with Gasteiger partial charge in [-0.2, -0.15) is 0 Å². The molecule has 1 saturated heterocycles. The summed E-state index contributed by atoms with van der Waals surface area (Å²) in [5.41, 5.74) is 2.58. The molecule has 1 unspecified atom stereocenters. The van der Waals surface area contributed by atoms with E-state index in [0.29, 0.717) is 6.54 Å². The number of ether oxygens (including phenoxy) is 1. The third kappa shape index (κ3) is 3.08. The number of amides is 1. The molecule has 2 aromatic rings. The molecule has 0 bridgehead atoms. The first-order valence-corrected chi connectivity index (χ1v) is 7.32. The minimum absolute atomic E-state index is 0.0880. The van der Waals surface area contributed by atoms with Crippen LogP contribution < -0.4 is 4.90 Å². The molecule has 1 aliphatic heterocycles. The first-order chi connectivity index (χ1) is 11.1. The van der Waals surface area contributed by atoms with E-state index in [1.165, 1.54) is 19.2 Å². The van der Waals surface area contributed by atoms with Crippen molar-refractivity contribution in [2.45, 2.75) is 6.42 Å². The fraction of sp³-hybridized carbons (Fsp3) is 0.222. The van der Waals surface area contributed by atoms with E-state index < -0.39 is 5.92 Å². The van der Waals surface area contributed by atoms with Gasteiger partial charge in [0.25, 0.3) is 0 Å². The number of halogens is 1. The third-order valence-electron chi connectivity index (χ3n) is 4.02. The molecule has 0 aliphatic carbocycles. The Bertz CT molecular complexity index is 725. The van der Waals surface area contributed by atoms with Crippen molar-refractivity contribution >= 4 is 17.6 Å². The summed E-state index contributed by atoms with van der Waals surface area (Å²) in [5.74, 6) is -1.13. The van der Waals surface area contributed by atoms with Crippen molar-refractivity contribution in [2.24, 2.45) is 5.92 Å². The van der Waals surface area contributed by atoms with E-state index in [4.69, 9.17) is 4.74 Å². The summed E-state index contributed by atoms with van der Waals surface area (Å²) in [6.45, 7) is 0.335. The lowest BCUT2D eigenvalue weighted by Gasteiger charge is -2.16. The number of nitrogens with zero attached hydrogens (tertiary/aromatic N) is 1. The summed E-state index contributed by atoms with van der Waals surface area (Å²) >= 11 is 0. The van der Waals surface area contributed by atoms with Gasteiger partial charge in [0.1, 0.15) is 5.82 Å². The van der Waals surface area contributed by atoms with Crippen molar-refractivity contribution in [2.75, 3.05) is 18.6 Å². The van der Waals surface area contributed by atoms with E-state index in [1.807, 2.05) is 24.3 Å². The molecular formula is C18H16FNO3. The average Bonchev–Trinajstić information content (AvgIpc) is 2.97. The van der Waals surface area contributed by atoms with Crippen LogP contribution in [0.4, 0.5) is 10.1 Å². The summed E-state index contributed by atoms with van der Waals surface area (Å²) in [4.78, 5) is 25.2. The molecule has 0 N–H and O–H groups in total. The quantitative estimate of drug-likeness (QED) is 0.818. The smallest absolute Gasteiger partial charge is 0.311 e. The lowest BCUT2D eigenvalue weighted by molar-refractivity contribution is -0.145. The Hall–Kier alpha value is -2.69. The summed E-state index contributed by atoms with van der Waals surface area (Å²) in [7, 11) is 1.33. The second-order valence-electron chi connectivity index (χ2n) is 5.48. The molecule has 0 spiro atoms. The molecule has 23 heavy (non-hydrogen) atoms. The number of carbonyl (C=O) groups excluding carboxylic acids is 2. The van der Waals surface area contributed by atoms with Gasteiger partial charge in [0.15, 0.2) is 0 Å². The van der Waals surface area contributed by atoms with Crippen LogP contribution in [0.5, 0.6) is 0 Å². The minimum Gasteiger partial charge on any atom is -0.469 e. The van der Waals surface area contributed by atoms with Crippen LogP contribution in [0, 0.1) is 11.7 Å². The van der Waals surface area contributed by atoms with E-state index >= 15 is 0 Å². The highest BCUT2D eigenvalue weighted by atomic mass is 19.1. The normalized spacial score (nSPS) is 17.4. The van der Waals surface area contributed by atoms with Crippen LogP contribution >= 0.6 is 0 Å². The molecule has 0 radical (unpaired) electrons. The van der Waals surface area contributed by atoms with Gasteiger partial charge < -0.3 is 9.64 Å². The maximum Gasteiger partial charge on any atom is 0.311 e. The monoisotopic (exact) mass is 313 g/mol. The van der Waals surface area contributed by atoms with Crippen molar-refractivity contribution in [1.82, 2.24) is 0 Å². The van der Waals surface area contributed by atoms with Gasteiger partial charge in [-0.15, -0.1) is 0 Å². The Morgan fingerprint density at radius 1 is 1.09 bits per heavy atom. The van der Waals surface area contributed by atoms with Crippen molar-refractivity contribution in [3.63, 3.8) is 0 Å². The Morgan fingerprint density at radius 3 is 2.22 bits per heavy atom. The molecule has 1 atom stereocenters. The molecule has 2 aromatic carbocycles. The fourth-order valence-corrected chi connectivity index (χ4v) is 2.76. The van der Waals surface area contributed by atoms with E-state index in [-0.39, 0.29) is 24.1 Å². The van der Waals surface area contributed by atoms with Crippen LogP contribution in [0.25, 0.3) is 11.1 Å². The topological polar surface area (TPSA) is 46.6 Å². The number of hydrogen-bond donors (Lipinski definition) is 0. The molecule has 118 valence electrons. The molecule has 0 saturated carbocycles. The number of anilines is 1. The van der Waals surface area contributed by atoms with Crippen molar-refractivity contribution < 1.29 is 18.7 Å². The number of carbonyl (C=O) groups is 2. The highest BCUT2D eigenvalue weighted by molar-refractivity contribution is 5.99. The van der Waals surface area contributed by atoms with Gasteiger partial charge in [-0.25, -0.2) is 4.39 Å². The van der Waals surface area contributed by atoms with Crippen molar-refractivity contribution in [3.8, 4) is 11.1 Å². The maximum atomic E-state index is 13.0. The largest absolute Gasteiger partial charge is 0.469 e. The van der Waals surface area contributed by atoms with Gasteiger partial charge in [-0.3, -0.25) is 9.59 Å². The number of rotatable bonds is 3. The van der Waals surface area contributed by atoms with E-state index in [9.17, 15) is 14.0 Å². The summed E-state index contributed by atoms with van der Waals surface area (Å²) in [6.07, 6.45) is 0.173. The Kier molecular flexibility index (Phi) is 4.10. The lowest BCUT2D eigenvalue weighted by atomic mass is 10.1. The van der Waals surface area contributed by atoms with Crippen LogP contribution in [-0.2, 0) is 14.3 Å². The van der Waals surface area contributed by atoms with Gasteiger partial charge in [0.2, 0.25) is 5.91 Å². The van der Waals surface area contributed by atoms with E-state index in [1.54, 1.807) is 17.0 Å². The maximum absolute atomic E-state index is 13.0. The molecule has 4 nitrogen and oxygen atoms in total. The zero-order valence-electron chi connectivity index (χ0n) is 12.7. The predicted octanol–water partition coefficient (Wildman–Crippen LogP) is 3.02. The van der Waals surface area contributed by atoms with Crippen LogP contribution in [0.3, 0.4) is 0 Å². The fourth-order valence-electron chi connectivity index (χ4n) is 2.76. The standard InChI is InChI=1S/C18H16FNO3/c1-23-18(22)14-10-17(21)20(11-14)16-8-4-13(5-9-16)12-2-6-15(19)7-3-12/h2-9,14H,10-11H2,1H3. The predicted molar refractivity (Wildman–Crippen MR) is 84.3 cm³/mol. The van der Waals surface area contributed by atoms with Crippen LogP contribution in [-0.4, -0.2) is 25.5 Å². The summed E-state index contributed by atoms with van der Waals surface area (Å²) < 4.78 is 17.7. The van der Waals surface area contributed by atoms with Crippen molar-refractivity contribution in [3.05, 3.63) is 54.3 Å². The van der Waals surface area contributed by atoms with Gasteiger partial charge >= 0.3 is 5.97 Å². The molecule has 1 aliphatic rings. The molecule has 1 amide bonds. The first kappa shape index (κ1) is 15.2. The first-order valence-electron chi connectivity index (χ1n) is 7.32. The Balaban J connectivity index is 1.78. The Morgan fingerprint density at radius 2 is 1.65 bits per heavy atom. The van der Waals surface area contributed by atoms with Gasteiger partial charge in [0.05, 0.1) is 13.0 Å². The zero-order valence-corrected chi connectivity index (χ0v) is 12.7. The third-order valence-corrected chi connectivity index (χ3v) is 4.02. The molecule has 3 rings (SSSR count). The minimum atomic E-state index is -0.413. The number of esters is 1. The number of methoxy groups -OCH3 is 1. The number of hydrogen-bond acceptors (Lipinski definition) is 3. The second kappa shape index (κ2) is 6.20. The second-order valence-corrected chi connectivity index (χ2v) is 5.48. The highest BCUT2D eigenvalue weighted by Gasteiger charge is 2.35. The van der Waals surface area contributed by atoms with Crippen molar-refractivity contribution in [1.29, 1.82) is 0 Å². The van der Waals surface area contributed by atoms with Gasteiger partial charge in [-0.1, -0.05) is 24.3 Å². The highest BCUT2D eigenvalue weighted by Crippen LogP contribution is 2.28. The zero-order chi connectivity index (χ0) is 16.4. The van der Waals surface area contributed by atoms with Crippen LogP contribution in [0.1, 0.15) is 6.42 Å². The Labute approximate surface area is 133 Å². The molecular weight excluding hydrogens is 297 g/mol. The average molecular weight is 313 g/mol. The molecule has 0 aromatic heterocycles. The van der Waals surface area contributed by atoms with Gasteiger partial charge in [0, 0.05) is 18.7 Å². The van der Waals surface area contributed by atoms with Gasteiger partial charge in [-0.05, 0) is 35.4 Å². The van der Waals surface area contributed by atoms with E-state index in [0.717, 1.165) is 16.8 Å². The van der Waals surface area contributed by atoms with E-state index in [2.05, 4.69) is 0 Å². The molecule has 5 heteroatoms. The summed E-state index contributed by atoms with van der Waals surface area (Å²) in [5, 5.41) is 0. The number of benzene rings is 2. The van der Waals surface area contributed by atoms with Crippen LogP contribution in [0.2, 0.25) is 0 Å². The molecule has 1 fully saturated rings.